The molecule has 0 aromatic rings. The van der Waals surface area contributed by atoms with Crippen molar-refractivity contribution in [2.75, 3.05) is 32.7 Å². The van der Waals surface area contributed by atoms with E-state index in [-0.39, 0.29) is 0 Å². The summed E-state index contributed by atoms with van der Waals surface area (Å²) in [6.07, 6.45) is 7.62. The molecule has 0 aromatic heterocycles. The number of piperidine rings is 2. The zero-order chi connectivity index (χ0) is 14.0. The third-order valence-corrected chi connectivity index (χ3v) is 5.43. The van der Waals surface area contributed by atoms with Gasteiger partial charge in [-0.25, -0.2) is 0 Å². The molecule has 2 aliphatic heterocycles. The molecule has 0 bridgehead atoms. The van der Waals surface area contributed by atoms with Crippen LogP contribution >= 0.6 is 0 Å². The number of rotatable bonds is 4. The Bertz CT molecular complexity index is 368. The van der Waals surface area contributed by atoms with Gasteiger partial charge in [-0.05, 0) is 50.6 Å². The third kappa shape index (κ3) is 2.91. The van der Waals surface area contributed by atoms with Gasteiger partial charge >= 0.3 is 0 Å². The molecule has 1 atom stereocenters. The van der Waals surface area contributed by atoms with E-state index in [0.717, 1.165) is 52.0 Å². The molecule has 2 heterocycles. The van der Waals surface area contributed by atoms with E-state index in [1.807, 2.05) is 6.08 Å². The molecule has 3 aliphatic rings. The van der Waals surface area contributed by atoms with Crippen LogP contribution in [-0.2, 0) is 4.79 Å². The fourth-order valence-electron chi connectivity index (χ4n) is 3.94. The maximum atomic E-state index is 12.4. The highest BCUT2D eigenvalue weighted by molar-refractivity contribution is 5.82. The molecule has 4 nitrogen and oxygen atoms in total. The van der Waals surface area contributed by atoms with Crippen LogP contribution in [-0.4, -0.2) is 49.6 Å². The van der Waals surface area contributed by atoms with Crippen molar-refractivity contribution in [2.45, 2.75) is 38.1 Å². The first-order chi connectivity index (χ1) is 9.73. The second kappa shape index (κ2) is 5.86. The van der Waals surface area contributed by atoms with Crippen LogP contribution in [0, 0.1) is 11.3 Å². The van der Waals surface area contributed by atoms with Crippen molar-refractivity contribution in [1.29, 1.82) is 0 Å². The van der Waals surface area contributed by atoms with Crippen LogP contribution in [0.4, 0.5) is 0 Å². The third-order valence-electron chi connectivity index (χ3n) is 5.43. The standard InChI is InChI=1S/C16H27N3O/c1-2-9-19-10-3-13(4-11-19)18-15(20)14-12-16(14)5-7-17-8-6-16/h2,13-14,17H,1,3-12H2,(H,18,20). The molecule has 1 amide bonds. The number of likely N-dealkylation sites (tertiary alicyclic amines) is 1. The Morgan fingerprint density at radius 1 is 1.35 bits per heavy atom. The Balaban J connectivity index is 1.43. The van der Waals surface area contributed by atoms with Gasteiger partial charge in [0.05, 0.1) is 0 Å². The molecule has 0 aromatic carbocycles. The van der Waals surface area contributed by atoms with Gasteiger partial charge in [0.15, 0.2) is 0 Å². The molecule has 4 heteroatoms. The summed E-state index contributed by atoms with van der Waals surface area (Å²) in [6.45, 7) is 9.09. The maximum Gasteiger partial charge on any atom is 0.223 e. The van der Waals surface area contributed by atoms with E-state index in [1.165, 1.54) is 12.8 Å². The maximum absolute atomic E-state index is 12.4. The molecule has 2 saturated heterocycles. The van der Waals surface area contributed by atoms with Crippen molar-refractivity contribution in [3.05, 3.63) is 12.7 Å². The van der Waals surface area contributed by atoms with Gasteiger partial charge in [-0.3, -0.25) is 9.69 Å². The summed E-state index contributed by atoms with van der Waals surface area (Å²) in [4.78, 5) is 14.8. The topological polar surface area (TPSA) is 44.4 Å². The van der Waals surface area contributed by atoms with Crippen LogP contribution in [0.15, 0.2) is 12.7 Å². The van der Waals surface area contributed by atoms with Gasteiger partial charge in [-0.15, -0.1) is 6.58 Å². The second-order valence-corrected chi connectivity index (χ2v) is 6.74. The fourth-order valence-corrected chi connectivity index (χ4v) is 3.94. The predicted octanol–water partition coefficient (Wildman–Crippen LogP) is 1.14. The highest BCUT2D eigenvalue weighted by Crippen LogP contribution is 2.58. The number of hydrogen-bond acceptors (Lipinski definition) is 3. The van der Waals surface area contributed by atoms with Crippen molar-refractivity contribution >= 4 is 5.91 Å². The Kier molecular flexibility index (Phi) is 4.13. The molecule has 3 rings (SSSR count). The van der Waals surface area contributed by atoms with E-state index >= 15 is 0 Å². The van der Waals surface area contributed by atoms with Crippen molar-refractivity contribution in [1.82, 2.24) is 15.5 Å². The summed E-state index contributed by atoms with van der Waals surface area (Å²) in [5.41, 5.74) is 0.360. The minimum absolute atomic E-state index is 0.302. The lowest BCUT2D eigenvalue weighted by molar-refractivity contribution is -0.124. The molecule has 112 valence electrons. The van der Waals surface area contributed by atoms with Gasteiger partial charge in [0.25, 0.3) is 0 Å². The summed E-state index contributed by atoms with van der Waals surface area (Å²) in [5.74, 6) is 0.630. The second-order valence-electron chi connectivity index (χ2n) is 6.74. The quantitative estimate of drug-likeness (QED) is 0.758. The zero-order valence-corrected chi connectivity index (χ0v) is 12.4. The molecule has 1 unspecified atom stereocenters. The lowest BCUT2D eigenvalue weighted by Crippen LogP contribution is -2.45. The van der Waals surface area contributed by atoms with Gasteiger partial charge < -0.3 is 10.6 Å². The molecule has 1 spiro atoms. The Morgan fingerprint density at radius 2 is 2.05 bits per heavy atom. The van der Waals surface area contributed by atoms with E-state index < -0.39 is 0 Å². The average Bonchev–Trinajstić information content (AvgIpc) is 3.16. The number of nitrogens with one attached hydrogen (secondary N) is 2. The zero-order valence-electron chi connectivity index (χ0n) is 12.4. The first-order valence-corrected chi connectivity index (χ1v) is 8.08. The number of nitrogens with zero attached hydrogens (tertiary/aromatic N) is 1. The molecule has 2 N–H and O–H groups in total. The highest BCUT2D eigenvalue weighted by atomic mass is 16.2. The van der Waals surface area contributed by atoms with Crippen LogP contribution < -0.4 is 10.6 Å². The SMILES string of the molecule is C=CCN1CCC(NC(=O)C2CC23CCNCC3)CC1. The van der Waals surface area contributed by atoms with E-state index in [2.05, 4.69) is 22.1 Å². The van der Waals surface area contributed by atoms with Crippen molar-refractivity contribution in [3.63, 3.8) is 0 Å². The average molecular weight is 277 g/mol. The van der Waals surface area contributed by atoms with Crippen molar-refractivity contribution in [3.8, 4) is 0 Å². The van der Waals surface area contributed by atoms with Crippen molar-refractivity contribution < 1.29 is 4.79 Å². The van der Waals surface area contributed by atoms with E-state index in [1.54, 1.807) is 0 Å². The van der Waals surface area contributed by atoms with Gasteiger partial charge in [0.2, 0.25) is 5.91 Å². The molecule has 20 heavy (non-hydrogen) atoms. The smallest absolute Gasteiger partial charge is 0.223 e. The minimum Gasteiger partial charge on any atom is -0.353 e. The molecule has 3 fully saturated rings. The van der Waals surface area contributed by atoms with Gasteiger partial charge in [-0.1, -0.05) is 6.08 Å². The summed E-state index contributed by atoms with van der Waals surface area (Å²) >= 11 is 0. The van der Waals surface area contributed by atoms with Crippen LogP contribution in [0.5, 0.6) is 0 Å². The summed E-state index contributed by atoms with van der Waals surface area (Å²) in [5, 5.41) is 6.70. The Morgan fingerprint density at radius 3 is 2.70 bits per heavy atom. The molecular formula is C16H27N3O. The van der Waals surface area contributed by atoms with Crippen LogP contribution in [0.25, 0.3) is 0 Å². The van der Waals surface area contributed by atoms with E-state index in [0.29, 0.717) is 23.3 Å². The predicted molar refractivity (Wildman–Crippen MR) is 80.4 cm³/mol. The van der Waals surface area contributed by atoms with Crippen LogP contribution in [0.1, 0.15) is 32.1 Å². The summed E-state index contributed by atoms with van der Waals surface area (Å²) < 4.78 is 0. The highest BCUT2D eigenvalue weighted by Gasteiger charge is 2.57. The number of amides is 1. The van der Waals surface area contributed by atoms with Gasteiger partial charge in [-0.2, -0.15) is 0 Å². The van der Waals surface area contributed by atoms with Gasteiger partial charge in [0, 0.05) is 31.6 Å². The Hall–Kier alpha value is -0.870. The molecule has 0 radical (unpaired) electrons. The normalized spacial score (nSPS) is 30.1. The first-order valence-electron chi connectivity index (χ1n) is 8.08. The molecule has 1 saturated carbocycles. The lowest BCUT2D eigenvalue weighted by Gasteiger charge is -2.32. The summed E-state index contributed by atoms with van der Waals surface area (Å²) in [6, 6.07) is 0.392. The fraction of sp³-hybridized carbons (Fsp3) is 0.812. The summed E-state index contributed by atoms with van der Waals surface area (Å²) in [7, 11) is 0. The Labute approximate surface area is 122 Å². The largest absolute Gasteiger partial charge is 0.353 e. The van der Waals surface area contributed by atoms with Crippen LogP contribution in [0.3, 0.4) is 0 Å². The minimum atomic E-state index is 0.302. The van der Waals surface area contributed by atoms with Crippen LogP contribution in [0.2, 0.25) is 0 Å². The van der Waals surface area contributed by atoms with E-state index in [9.17, 15) is 4.79 Å². The van der Waals surface area contributed by atoms with Crippen molar-refractivity contribution in [2.24, 2.45) is 11.3 Å². The first kappa shape index (κ1) is 14.1. The number of carbonyl (C=O) groups excluding carboxylic acids is 1. The van der Waals surface area contributed by atoms with E-state index in [4.69, 9.17) is 0 Å². The number of hydrogen-bond donors (Lipinski definition) is 2. The lowest BCUT2D eigenvalue weighted by atomic mass is 9.91. The molecular weight excluding hydrogens is 250 g/mol. The number of carbonyl (C=O) groups is 1. The monoisotopic (exact) mass is 277 g/mol. The van der Waals surface area contributed by atoms with Gasteiger partial charge in [0.1, 0.15) is 0 Å². The molecule has 1 aliphatic carbocycles.